The molecule has 0 bridgehead atoms. The van der Waals surface area contributed by atoms with Crippen LogP contribution in [0.15, 0.2) is 18.3 Å². The Balaban J connectivity index is 2.03. The molecule has 1 fully saturated rings. The van der Waals surface area contributed by atoms with Crippen molar-refractivity contribution in [2.75, 3.05) is 26.2 Å². The van der Waals surface area contributed by atoms with E-state index in [1.165, 1.54) is 23.4 Å². The molecule has 0 aliphatic carbocycles. The quantitative estimate of drug-likeness (QED) is 0.925. The topological polar surface area (TPSA) is 32.6 Å². The number of fused-ring (bicyclic) bond motifs is 1. The van der Waals surface area contributed by atoms with Crippen molar-refractivity contribution in [3.05, 3.63) is 35.3 Å². The van der Waals surface area contributed by atoms with Crippen molar-refractivity contribution in [1.82, 2.24) is 19.6 Å². The Labute approximate surface area is 133 Å². The Morgan fingerprint density at radius 3 is 2.82 bits per heavy atom. The first-order valence-electron chi connectivity index (χ1n) is 8.37. The van der Waals surface area contributed by atoms with Crippen LogP contribution in [0.5, 0.6) is 0 Å². The van der Waals surface area contributed by atoms with E-state index in [0.717, 1.165) is 38.4 Å². The second-order valence-corrected chi connectivity index (χ2v) is 7.42. The van der Waals surface area contributed by atoms with Gasteiger partial charge in [0.15, 0.2) is 0 Å². The van der Waals surface area contributed by atoms with Crippen molar-refractivity contribution in [2.24, 2.45) is 0 Å². The monoisotopic (exact) mass is 300 g/mol. The fraction of sp³-hybridized carbons (Fsp3) is 0.611. The molecule has 4 nitrogen and oxygen atoms in total. The lowest BCUT2D eigenvalue weighted by Crippen LogP contribution is -2.29. The van der Waals surface area contributed by atoms with Crippen molar-refractivity contribution in [3.8, 4) is 0 Å². The molecule has 4 heteroatoms. The molecule has 1 saturated heterocycles. The van der Waals surface area contributed by atoms with Crippen LogP contribution in [0.1, 0.15) is 44.1 Å². The molecule has 3 rings (SSSR count). The van der Waals surface area contributed by atoms with E-state index in [-0.39, 0.29) is 5.41 Å². The summed E-state index contributed by atoms with van der Waals surface area (Å²) in [6.45, 7) is 14.4. The molecule has 3 heterocycles. The van der Waals surface area contributed by atoms with Gasteiger partial charge in [-0.15, -0.1) is 0 Å². The van der Waals surface area contributed by atoms with Crippen LogP contribution in [0.4, 0.5) is 0 Å². The first-order chi connectivity index (χ1) is 10.5. The number of nitrogens with zero attached hydrogens (tertiary/aromatic N) is 3. The molecular formula is C18H28N4. The first-order valence-corrected chi connectivity index (χ1v) is 8.37. The van der Waals surface area contributed by atoms with Gasteiger partial charge in [0, 0.05) is 31.2 Å². The van der Waals surface area contributed by atoms with E-state index in [9.17, 15) is 0 Å². The average Bonchev–Trinajstić information content (AvgIpc) is 2.65. The lowest BCUT2D eigenvalue weighted by molar-refractivity contribution is 0.277. The maximum absolute atomic E-state index is 4.99. The number of aromatic nitrogens is 2. The molecule has 0 radical (unpaired) electrons. The maximum Gasteiger partial charge on any atom is 0.140 e. The second kappa shape index (κ2) is 6.01. The van der Waals surface area contributed by atoms with Crippen LogP contribution in [-0.2, 0) is 12.0 Å². The fourth-order valence-electron chi connectivity index (χ4n) is 3.28. The first kappa shape index (κ1) is 15.5. The number of pyridine rings is 1. The average molecular weight is 300 g/mol. The lowest BCUT2D eigenvalue weighted by atomic mass is 9.90. The zero-order chi connectivity index (χ0) is 15.7. The van der Waals surface area contributed by atoms with Crippen molar-refractivity contribution in [1.29, 1.82) is 0 Å². The molecule has 1 N–H and O–H groups in total. The number of rotatable bonds is 2. The van der Waals surface area contributed by atoms with Crippen molar-refractivity contribution in [3.63, 3.8) is 0 Å². The van der Waals surface area contributed by atoms with Gasteiger partial charge in [0.05, 0.1) is 11.4 Å². The molecule has 2 aromatic rings. The standard InChI is InChI=1S/C18H28N4/c1-14-7-5-11-22-15(13-21-10-6-8-19-9-12-21)16(18(2,3)4)20-17(14)22/h5,7,11,19H,6,8-10,12-13H2,1-4H3. The van der Waals surface area contributed by atoms with E-state index >= 15 is 0 Å². The van der Waals surface area contributed by atoms with Gasteiger partial charge >= 0.3 is 0 Å². The van der Waals surface area contributed by atoms with Gasteiger partial charge in [-0.05, 0) is 38.1 Å². The number of hydrogen-bond acceptors (Lipinski definition) is 3. The van der Waals surface area contributed by atoms with Gasteiger partial charge in [0.2, 0.25) is 0 Å². The Morgan fingerprint density at radius 2 is 2.05 bits per heavy atom. The molecule has 2 aromatic heterocycles. The molecule has 120 valence electrons. The molecule has 0 spiro atoms. The summed E-state index contributed by atoms with van der Waals surface area (Å²) in [7, 11) is 0. The Hall–Kier alpha value is -1.39. The predicted molar refractivity (Wildman–Crippen MR) is 91.4 cm³/mol. The van der Waals surface area contributed by atoms with E-state index in [1.54, 1.807) is 0 Å². The van der Waals surface area contributed by atoms with E-state index in [1.807, 2.05) is 0 Å². The zero-order valence-electron chi connectivity index (χ0n) is 14.3. The van der Waals surface area contributed by atoms with Crippen molar-refractivity contribution >= 4 is 5.65 Å². The third kappa shape index (κ3) is 3.03. The van der Waals surface area contributed by atoms with Crippen molar-refractivity contribution < 1.29 is 0 Å². The van der Waals surface area contributed by atoms with Crippen LogP contribution in [-0.4, -0.2) is 40.5 Å². The van der Waals surface area contributed by atoms with Gasteiger partial charge in [-0.25, -0.2) is 4.98 Å². The second-order valence-electron chi connectivity index (χ2n) is 7.42. The predicted octanol–water partition coefficient (Wildman–Crippen LogP) is 2.74. The summed E-state index contributed by atoms with van der Waals surface area (Å²) in [6.07, 6.45) is 3.39. The summed E-state index contributed by atoms with van der Waals surface area (Å²) < 4.78 is 2.30. The third-order valence-corrected chi connectivity index (χ3v) is 4.46. The van der Waals surface area contributed by atoms with E-state index < -0.39 is 0 Å². The zero-order valence-corrected chi connectivity index (χ0v) is 14.3. The smallest absolute Gasteiger partial charge is 0.140 e. The van der Waals surface area contributed by atoms with Gasteiger partial charge in [-0.2, -0.15) is 0 Å². The molecule has 22 heavy (non-hydrogen) atoms. The number of hydrogen-bond donors (Lipinski definition) is 1. The van der Waals surface area contributed by atoms with Crippen LogP contribution in [0.3, 0.4) is 0 Å². The normalized spacial score (nSPS) is 17.8. The Kier molecular flexibility index (Phi) is 4.24. The molecular weight excluding hydrogens is 272 g/mol. The highest BCUT2D eigenvalue weighted by Gasteiger charge is 2.25. The lowest BCUT2D eigenvalue weighted by Gasteiger charge is -2.23. The molecule has 0 amide bonds. The van der Waals surface area contributed by atoms with Crippen LogP contribution in [0, 0.1) is 6.92 Å². The maximum atomic E-state index is 4.99. The summed E-state index contributed by atoms with van der Waals surface area (Å²) in [5.74, 6) is 0. The third-order valence-electron chi connectivity index (χ3n) is 4.46. The molecule has 1 aliphatic heterocycles. The van der Waals surface area contributed by atoms with Crippen LogP contribution < -0.4 is 5.32 Å². The summed E-state index contributed by atoms with van der Waals surface area (Å²) in [5, 5.41) is 3.48. The minimum absolute atomic E-state index is 0.0674. The molecule has 1 aliphatic rings. The largest absolute Gasteiger partial charge is 0.315 e. The van der Waals surface area contributed by atoms with Gasteiger partial charge in [-0.1, -0.05) is 26.8 Å². The van der Waals surface area contributed by atoms with Gasteiger partial charge in [-0.3, -0.25) is 4.90 Å². The minimum Gasteiger partial charge on any atom is -0.315 e. The van der Waals surface area contributed by atoms with Crippen LogP contribution in [0.25, 0.3) is 5.65 Å². The summed E-state index contributed by atoms with van der Waals surface area (Å²) in [5.41, 5.74) is 5.01. The highest BCUT2D eigenvalue weighted by Crippen LogP contribution is 2.28. The SMILES string of the molecule is Cc1cccn2c(CN3CCCNCC3)c(C(C)(C)C)nc12. The molecule has 0 atom stereocenters. The van der Waals surface area contributed by atoms with Crippen LogP contribution >= 0.6 is 0 Å². The van der Waals surface area contributed by atoms with E-state index in [0.29, 0.717) is 0 Å². The summed E-state index contributed by atoms with van der Waals surface area (Å²) >= 11 is 0. The summed E-state index contributed by atoms with van der Waals surface area (Å²) in [4.78, 5) is 7.55. The van der Waals surface area contributed by atoms with E-state index in [4.69, 9.17) is 4.98 Å². The Morgan fingerprint density at radius 1 is 1.23 bits per heavy atom. The molecule has 0 aromatic carbocycles. The Bertz CT molecular complexity index is 643. The van der Waals surface area contributed by atoms with E-state index in [2.05, 4.69) is 60.6 Å². The molecule has 0 unspecified atom stereocenters. The molecule has 0 saturated carbocycles. The highest BCUT2D eigenvalue weighted by atomic mass is 15.2. The summed E-state index contributed by atoms with van der Waals surface area (Å²) in [6, 6.07) is 4.28. The van der Waals surface area contributed by atoms with Crippen molar-refractivity contribution in [2.45, 2.75) is 46.1 Å². The number of imidazole rings is 1. The fourth-order valence-corrected chi connectivity index (χ4v) is 3.28. The number of nitrogens with one attached hydrogen (secondary N) is 1. The van der Waals surface area contributed by atoms with Crippen LogP contribution in [0.2, 0.25) is 0 Å². The van der Waals surface area contributed by atoms with Gasteiger partial charge < -0.3 is 9.72 Å². The van der Waals surface area contributed by atoms with Gasteiger partial charge in [0.25, 0.3) is 0 Å². The van der Waals surface area contributed by atoms with Gasteiger partial charge in [0.1, 0.15) is 5.65 Å². The highest BCUT2D eigenvalue weighted by molar-refractivity contribution is 5.51. The number of aryl methyl sites for hydroxylation is 1. The minimum atomic E-state index is 0.0674.